The smallest absolute Gasteiger partial charge is 0.324 e. The van der Waals surface area contributed by atoms with Gasteiger partial charge in [-0.2, -0.15) is 0 Å². The van der Waals surface area contributed by atoms with E-state index >= 15 is 0 Å². The number of carbonyl (C=O) groups excluding carboxylic acids is 1. The number of benzene rings is 2. The molecule has 0 bridgehead atoms. The second kappa shape index (κ2) is 8.02. The molecule has 0 aromatic heterocycles. The molecule has 7 nitrogen and oxygen atoms in total. The van der Waals surface area contributed by atoms with Gasteiger partial charge in [-0.05, 0) is 24.3 Å². The van der Waals surface area contributed by atoms with Gasteiger partial charge in [-0.25, -0.2) is 4.79 Å². The Bertz CT molecular complexity index is 832. The summed E-state index contributed by atoms with van der Waals surface area (Å²) < 4.78 is 0. The zero-order valence-corrected chi connectivity index (χ0v) is 16.2. The number of nitro benzene ring substituents is 1. The summed E-state index contributed by atoms with van der Waals surface area (Å²) in [6.45, 7) is 2.33. The maximum atomic E-state index is 12.8. The molecule has 2 aromatic rings. The minimum atomic E-state index is -0.421. The van der Waals surface area contributed by atoms with Crippen LogP contribution < -0.4 is 9.80 Å². The van der Waals surface area contributed by atoms with Crippen molar-refractivity contribution in [2.75, 3.05) is 43.0 Å². The first kappa shape index (κ1) is 19.3. The molecule has 9 heteroatoms. The molecule has 0 aliphatic carbocycles. The molecule has 142 valence electrons. The number of piperazine rings is 1. The van der Waals surface area contributed by atoms with Gasteiger partial charge in [-0.1, -0.05) is 29.3 Å². The van der Waals surface area contributed by atoms with Crippen LogP contribution >= 0.6 is 23.2 Å². The molecule has 0 atom stereocenters. The lowest BCUT2D eigenvalue weighted by Crippen LogP contribution is -2.52. The molecule has 0 spiro atoms. The number of non-ortho nitro benzene ring substituents is 1. The van der Waals surface area contributed by atoms with Crippen molar-refractivity contribution >= 4 is 46.3 Å². The third-order valence-corrected chi connectivity index (χ3v) is 5.15. The summed E-state index contributed by atoms with van der Waals surface area (Å²) in [6.07, 6.45) is 0. The Morgan fingerprint density at radius 2 is 1.59 bits per heavy atom. The molecule has 3 rings (SSSR count). The summed E-state index contributed by atoms with van der Waals surface area (Å²) >= 11 is 12.4. The minimum absolute atomic E-state index is 0.0609. The third-order valence-electron chi connectivity index (χ3n) is 4.54. The Morgan fingerprint density at radius 3 is 2.11 bits per heavy atom. The molecular weight excluding hydrogens is 391 g/mol. The Labute approximate surface area is 166 Å². The van der Waals surface area contributed by atoms with E-state index in [1.807, 2.05) is 0 Å². The second-order valence-corrected chi connectivity index (χ2v) is 6.97. The fraction of sp³-hybridized carbons (Fsp3) is 0.278. The molecule has 0 unspecified atom stereocenters. The van der Waals surface area contributed by atoms with E-state index in [1.54, 1.807) is 42.3 Å². The van der Waals surface area contributed by atoms with E-state index in [0.29, 0.717) is 41.9 Å². The van der Waals surface area contributed by atoms with Crippen molar-refractivity contribution in [1.82, 2.24) is 4.90 Å². The molecule has 0 radical (unpaired) electrons. The van der Waals surface area contributed by atoms with Gasteiger partial charge in [-0.3, -0.25) is 15.0 Å². The highest BCUT2D eigenvalue weighted by Gasteiger charge is 2.26. The highest BCUT2D eigenvalue weighted by molar-refractivity contribution is 6.39. The molecule has 1 saturated heterocycles. The Hall–Kier alpha value is -2.51. The summed E-state index contributed by atoms with van der Waals surface area (Å²) in [4.78, 5) is 28.4. The lowest BCUT2D eigenvalue weighted by atomic mass is 10.2. The maximum Gasteiger partial charge on any atom is 0.324 e. The second-order valence-electron chi connectivity index (χ2n) is 6.16. The summed E-state index contributed by atoms with van der Waals surface area (Å²) in [7, 11) is 1.65. The topological polar surface area (TPSA) is 69.9 Å². The minimum Gasteiger partial charge on any atom is -0.368 e. The van der Waals surface area contributed by atoms with Gasteiger partial charge in [0.1, 0.15) is 0 Å². The molecular formula is C18H18Cl2N4O3. The van der Waals surface area contributed by atoms with Crippen LogP contribution in [0.2, 0.25) is 10.0 Å². The number of halogens is 2. The normalized spacial score (nSPS) is 14.2. The van der Waals surface area contributed by atoms with Crippen LogP contribution in [0.1, 0.15) is 0 Å². The maximum absolute atomic E-state index is 12.8. The average Bonchev–Trinajstić information content (AvgIpc) is 2.67. The summed E-state index contributed by atoms with van der Waals surface area (Å²) in [5, 5.41) is 11.6. The third kappa shape index (κ3) is 4.09. The van der Waals surface area contributed by atoms with Crippen molar-refractivity contribution in [2.24, 2.45) is 0 Å². The van der Waals surface area contributed by atoms with E-state index in [1.165, 1.54) is 17.0 Å². The summed E-state index contributed by atoms with van der Waals surface area (Å²) in [5.74, 6) is 0. The van der Waals surface area contributed by atoms with Crippen LogP contribution in [0, 0.1) is 10.1 Å². The van der Waals surface area contributed by atoms with Crippen LogP contribution in [0.25, 0.3) is 0 Å². The van der Waals surface area contributed by atoms with E-state index in [0.717, 1.165) is 5.69 Å². The number of anilines is 2. The highest BCUT2D eigenvalue weighted by atomic mass is 35.5. The van der Waals surface area contributed by atoms with Crippen molar-refractivity contribution in [2.45, 2.75) is 0 Å². The van der Waals surface area contributed by atoms with Crippen LogP contribution in [0.5, 0.6) is 0 Å². The Kier molecular flexibility index (Phi) is 5.72. The highest BCUT2D eigenvalue weighted by Crippen LogP contribution is 2.33. The van der Waals surface area contributed by atoms with Crippen LogP contribution in [0.15, 0.2) is 42.5 Å². The van der Waals surface area contributed by atoms with Gasteiger partial charge < -0.3 is 9.80 Å². The van der Waals surface area contributed by atoms with Gasteiger partial charge in [-0.15, -0.1) is 0 Å². The zero-order chi connectivity index (χ0) is 19.6. The van der Waals surface area contributed by atoms with Gasteiger partial charge >= 0.3 is 6.03 Å². The quantitative estimate of drug-likeness (QED) is 0.561. The number of para-hydroxylation sites is 1. The van der Waals surface area contributed by atoms with Crippen molar-refractivity contribution in [3.63, 3.8) is 0 Å². The monoisotopic (exact) mass is 408 g/mol. The summed E-state index contributed by atoms with van der Waals surface area (Å²) in [6, 6.07) is 11.4. The largest absolute Gasteiger partial charge is 0.368 e. The van der Waals surface area contributed by atoms with Crippen molar-refractivity contribution in [3.8, 4) is 0 Å². The number of hydrogen-bond acceptors (Lipinski definition) is 4. The zero-order valence-electron chi connectivity index (χ0n) is 14.6. The number of nitro groups is 1. The van der Waals surface area contributed by atoms with Crippen molar-refractivity contribution in [1.29, 1.82) is 0 Å². The van der Waals surface area contributed by atoms with Gasteiger partial charge in [0.15, 0.2) is 0 Å². The SMILES string of the molecule is CN(C(=O)N1CCN(c2ccc([N+](=O)[O-])cc2)CC1)c1c(Cl)cccc1Cl. The van der Waals surface area contributed by atoms with E-state index in [2.05, 4.69) is 4.90 Å². The standard InChI is InChI=1S/C18H18Cl2N4O3/c1-21(17-15(19)3-2-4-16(17)20)18(25)23-11-9-22(10-12-23)13-5-7-14(8-6-13)24(26)27/h2-8H,9-12H2,1H3. The summed E-state index contributed by atoms with van der Waals surface area (Å²) in [5.41, 5.74) is 1.45. The molecule has 1 fully saturated rings. The first-order valence-corrected chi connectivity index (χ1v) is 9.10. The van der Waals surface area contributed by atoms with E-state index in [9.17, 15) is 14.9 Å². The molecule has 0 N–H and O–H groups in total. The lowest BCUT2D eigenvalue weighted by molar-refractivity contribution is -0.384. The average molecular weight is 409 g/mol. The van der Waals surface area contributed by atoms with Crippen LogP contribution in [-0.2, 0) is 0 Å². The number of nitrogens with zero attached hydrogens (tertiary/aromatic N) is 4. The molecule has 27 heavy (non-hydrogen) atoms. The molecule has 2 amide bonds. The first-order chi connectivity index (χ1) is 12.9. The predicted molar refractivity (Wildman–Crippen MR) is 107 cm³/mol. The number of hydrogen-bond donors (Lipinski definition) is 0. The van der Waals surface area contributed by atoms with Gasteiger partial charge in [0.25, 0.3) is 5.69 Å². The molecule has 0 saturated carbocycles. The predicted octanol–water partition coefficient (Wildman–Crippen LogP) is 4.28. The van der Waals surface area contributed by atoms with Gasteiger partial charge in [0, 0.05) is 51.0 Å². The van der Waals surface area contributed by atoms with Gasteiger partial charge in [0.2, 0.25) is 0 Å². The van der Waals surface area contributed by atoms with Crippen LogP contribution in [-0.4, -0.2) is 49.1 Å². The van der Waals surface area contributed by atoms with E-state index < -0.39 is 4.92 Å². The Morgan fingerprint density at radius 1 is 1.04 bits per heavy atom. The number of urea groups is 1. The van der Waals surface area contributed by atoms with Crippen LogP contribution in [0.4, 0.5) is 21.9 Å². The van der Waals surface area contributed by atoms with Crippen molar-refractivity contribution in [3.05, 3.63) is 62.6 Å². The molecule has 2 aromatic carbocycles. The number of rotatable bonds is 3. The number of carbonyl (C=O) groups is 1. The number of amides is 2. The van der Waals surface area contributed by atoms with E-state index in [-0.39, 0.29) is 11.7 Å². The van der Waals surface area contributed by atoms with E-state index in [4.69, 9.17) is 23.2 Å². The fourth-order valence-electron chi connectivity index (χ4n) is 3.06. The van der Waals surface area contributed by atoms with Crippen LogP contribution in [0.3, 0.4) is 0 Å². The Balaban J connectivity index is 1.64. The fourth-order valence-corrected chi connectivity index (χ4v) is 3.71. The lowest BCUT2D eigenvalue weighted by Gasteiger charge is -2.38. The molecule has 1 aliphatic heterocycles. The first-order valence-electron chi connectivity index (χ1n) is 8.34. The molecule has 1 heterocycles. The van der Waals surface area contributed by atoms with Gasteiger partial charge in [0.05, 0.1) is 20.7 Å². The molecule has 1 aliphatic rings. The van der Waals surface area contributed by atoms with Crippen molar-refractivity contribution < 1.29 is 9.72 Å².